The number of piperidine rings is 2. The number of carbonyl (C=O) groups excluding carboxylic acids is 1. The van der Waals surface area contributed by atoms with Crippen molar-refractivity contribution in [3.63, 3.8) is 0 Å². The monoisotopic (exact) mass is 298 g/mol. The van der Waals surface area contributed by atoms with Crippen molar-refractivity contribution in [2.45, 2.75) is 57.1 Å². The van der Waals surface area contributed by atoms with Crippen LogP contribution in [-0.4, -0.2) is 59.3 Å². The zero-order valence-corrected chi connectivity index (χ0v) is 12.5. The van der Waals surface area contributed by atoms with Gasteiger partial charge in [-0.2, -0.15) is 0 Å². The van der Waals surface area contributed by atoms with Gasteiger partial charge in [0.25, 0.3) is 6.47 Å². The molecule has 0 radical (unpaired) electrons. The third-order valence-electron chi connectivity index (χ3n) is 5.19. The lowest BCUT2D eigenvalue weighted by Crippen LogP contribution is -2.62. The molecule has 3 N–H and O–H groups in total. The summed E-state index contributed by atoms with van der Waals surface area (Å²) in [7, 11) is 0. The summed E-state index contributed by atoms with van der Waals surface area (Å²) in [5.74, 6) is 0.0870. The van der Waals surface area contributed by atoms with Crippen LogP contribution in [0.3, 0.4) is 0 Å². The van der Waals surface area contributed by atoms with Gasteiger partial charge in [0, 0.05) is 25.7 Å². The highest BCUT2D eigenvalue weighted by molar-refractivity contribution is 5.84. The second-order valence-corrected chi connectivity index (χ2v) is 6.33. The van der Waals surface area contributed by atoms with Crippen LogP contribution in [0, 0.1) is 5.41 Å². The summed E-state index contributed by atoms with van der Waals surface area (Å²) in [6.45, 7) is 2.25. The Kier molecular flexibility index (Phi) is 5.58. The number of nitrogens with zero attached hydrogens (tertiary/aromatic N) is 1. The van der Waals surface area contributed by atoms with Gasteiger partial charge < -0.3 is 15.5 Å². The van der Waals surface area contributed by atoms with E-state index in [0.29, 0.717) is 6.04 Å². The molecule has 3 rings (SSSR count). The van der Waals surface area contributed by atoms with Crippen LogP contribution in [0.2, 0.25) is 0 Å². The van der Waals surface area contributed by atoms with Gasteiger partial charge in [0.05, 0.1) is 11.5 Å². The summed E-state index contributed by atoms with van der Waals surface area (Å²) in [6, 6.07) is 0.657. The van der Waals surface area contributed by atoms with Crippen LogP contribution in [0.1, 0.15) is 44.9 Å². The molecule has 1 saturated carbocycles. The van der Waals surface area contributed by atoms with Crippen molar-refractivity contribution in [3.8, 4) is 0 Å². The van der Waals surface area contributed by atoms with Crippen LogP contribution in [0.5, 0.6) is 0 Å². The average Bonchev–Trinajstić information content (AvgIpc) is 3.00. The predicted molar refractivity (Wildman–Crippen MR) is 77.8 cm³/mol. The number of hydrogen-bond donors (Lipinski definition) is 3. The number of aliphatic hydroxyl groups excluding tert-OH is 1. The lowest BCUT2D eigenvalue weighted by atomic mass is 9.71. The SMILES string of the molecule is O=C1NCCC[C@]12CN(C1CCCC1)CC[C@H]2O.O=CO. The van der Waals surface area contributed by atoms with Crippen molar-refractivity contribution in [1.29, 1.82) is 0 Å². The summed E-state index contributed by atoms with van der Waals surface area (Å²) >= 11 is 0. The first-order chi connectivity index (χ1) is 10.1. The van der Waals surface area contributed by atoms with E-state index in [0.717, 1.165) is 38.9 Å². The van der Waals surface area contributed by atoms with Crippen molar-refractivity contribution >= 4 is 12.4 Å². The summed E-state index contributed by atoms with van der Waals surface area (Å²) in [6.07, 6.45) is 7.34. The molecule has 0 aromatic rings. The molecule has 2 aliphatic heterocycles. The summed E-state index contributed by atoms with van der Waals surface area (Å²) in [5.41, 5.74) is -0.515. The number of carboxylic acid groups (broad SMARTS) is 1. The van der Waals surface area contributed by atoms with Crippen molar-refractivity contribution in [1.82, 2.24) is 10.2 Å². The van der Waals surface area contributed by atoms with Crippen LogP contribution in [0.4, 0.5) is 0 Å². The number of nitrogens with one attached hydrogen (secondary N) is 1. The minimum absolute atomic E-state index is 0.0870. The Balaban J connectivity index is 0.000000497. The molecule has 1 aliphatic carbocycles. The van der Waals surface area contributed by atoms with E-state index in [1.165, 1.54) is 25.7 Å². The van der Waals surface area contributed by atoms with Gasteiger partial charge in [0.1, 0.15) is 0 Å². The third kappa shape index (κ3) is 3.37. The smallest absolute Gasteiger partial charge is 0.290 e. The minimum atomic E-state index is -0.515. The molecular formula is C15H26N2O4. The van der Waals surface area contributed by atoms with E-state index in [9.17, 15) is 9.90 Å². The number of hydrogen-bond acceptors (Lipinski definition) is 4. The fourth-order valence-electron chi connectivity index (χ4n) is 4.06. The zero-order chi connectivity index (χ0) is 15.3. The molecule has 0 unspecified atom stereocenters. The maximum atomic E-state index is 12.2. The van der Waals surface area contributed by atoms with Gasteiger partial charge >= 0.3 is 0 Å². The normalized spacial score (nSPS) is 34.1. The Bertz CT molecular complexity index is 371. The molecule has 0 aromatic carbocycles. The molecule has 0 aromatic heterocycles. The lowest BCUT2D eigenvalue weighted by molar-refractivity contribution is -0.150. The lowest BCUT2D eigenvalue weighted by Gasteiger charge is -2.48. The molecule has 6 heteroatoms. The second kappa shape index (κ2) is 7.22. The molecule has 2 heterocycles. The maximum Gasteiger partial charge on any atom is 0.290 e. The molecular weight excluding hydrogens is 272 g/mol. The van der Waals surface area contributed by atoms with Gasteiger partial charge in [-0.1, -0.05) is 12.8 Å². The van der Waals surface area contributed by atoms with E-state index in [1.807, 2.05) is 0 Å². The van der Waals surface area contributed by atoms with Crippen LogP contribution in [-0.2, 0) is 9.59 Å². The molecule has 1 amide bonds. The van der Waals surface area contributed by atoms with Crippen molar-refractivity contribution in [2.75, 3.05) is 19.6 Å². The molecule has 0 bridgehead atoms. The summed E-state index contributed by atoms with van der Waals surface area (Å²) in [4.78, 5) is 23.1. The summed E-state index contributed by atoms with van der Waals surface area (Å²) in [5, 5.41) is 20.2. The van der Waals surface area contributed by atoms with Gasteiger partial charge in [-0.3, -0.25) is 14.5 Å². The largest absolute Gasteiger partial charge is 0.483 e. The Morgan fingerprint density at radius 1 is 1.24 bits per heavy atom. The first kappa shape index (κ1) is 16.2. The number of likely N-dealkylation sites (tertiary alicyclic amines) is 1. The molecule has 2 saturated heterocycles. The second-order valence-electron chi connectivity index (χ2n) is 6.33. The van der Waals surface area contributed by atoms with E-state index < -0.39 is 11.5 Å². The zero-order valence-electron chi connectivity index (χ0n) is 12.5. The highest BCUT2D eigenvalue weighted by Gasteiger charge is 2.50. The van der Waals surface area contributed by atoms with Gasteiger partial charge in [0.15, 0.2) is 0 Å². The van der Waals surface area contributed by atoms with Crippen molar-refractivity contribution < 1.29 is 19.8 Å². The van der Waals surface area contributed by atoms with E-state index in [-0.39, 0.29) is 12.4 Å². The van der Waals surface area contributed by atoms with E-state index in [4.69, 9.17) is 9.90 Å². The molecule has 2 atom stereocenters. The van der Waals surface area contributed by atoms with E-state index in [1.54, 1.807) is 0 Å². The topological polar surface area (TPSA) is 89.9 Å². The molecule has 21 heavy (non-hydrogen) atoms. The Morgan fingerprint density at radius 2 is 1.90 bits per heavy atom. The Labute approximate surface area is 125 Å². The molecule has 3 fully saturated rings. The number of carbonyl (C=O) groups is 2. The molecule has 1 spiro atoms. The van der Waals surface area contributed by atoms with Gasteiger partial charge in [0.2, 0.25) is 5.91 Å². The predicted octanol–water partition coefficient (Wildman–Crippen LogP) is 0.593. The first-order valence-electron chi connectivity index (χ1n) is 7.92. The highest BCUT2D eigenvalue weighted by atomic mass is 16.3. The van der Waals surface area contributed by atoms with Crippen LogP contribution < -0.4 is 5.32 Å². The molecule has 3 aliphatic rings. The molecule has 6 nitrogen and oxygen atoms in total. The van der Waals surface area contributed by atoms with Crippen LogP contribution >= 0.6 is 0 Å². The highest BCUT2D eigenvalue weighted by Crippen LogP contribution is 2.39. The van der Waals surface area contributed by atoms with Crippen LogP contribution in [0.25, 0.3) is 0 Å². The first-order valence-corrected chi connectivity index (χ1v) is 7.92. The number of amides is 1. The Hall–Kier alpha value is -1.14. The van der Waals surface area contributed by atoms with Crippen molar-refractivity contribution in [2.24, 2.45) is 5.41 Å². The molecule has 120 valence electrons. The third-order valence-corrected chi connectivity index (χ3v) is 5.19. The van der Waals surface area contributed by atoms with Crippen LogP contribution in [0.15, 0.2) is 0 Å². The van der Waals surface area contributed by atoms with E-state index >= 15 is 0 Å². The fraction of sp³-hybridized carbons (Fsp3) is 0.867. The van der Waals surface area contributed by atoms with Gasteiger partial charge in [-0.05, 0) is 32.1 Å². The Morgan fingerprint density at radius 3 is 2.52 bits per heavy atom. The van der Waals surface area contributed by atoms with Gasteiger partial charge in [-0.15, -0.1) is 0 Å². The summed E-state index contributed by atoms with van der Waals surface area (Å²) < 4.78 is 0. The number of rotatable bonds is 1. The standard InChI is InChI=1S/C14H24N2O2.CH2O2/c17-12-6-9-16(11-4-1-2-5-11)10-14(12)7-3-8-15-13(14)18;2-1-3/h11-12,17H,1-10H2,(H,15,18);1H,(H,2,3)/t12-,14-;/m1./s1. The van der Waals surface area contributed by atoms with Crippen molar-refractivity contribution in [3.05, 3.63) is 0 Å². The van der Waals surface area contributed by atoms with E-state index in [2.05, 4.69) is 10.2 Å². The number of aliphatic hydroxyl groups is 1. The van der Waals surface area contributed by atoms with Gasteiger partial charge in [-0.25, -0.2) is 0 Å². The average molecular weight is 298 g/mol. The minimum Gasteiger partial charge on any atom is -0.483 e. The quantitative estimate of drug-likeness (QED) is 0.617. The fourth-order valence-corrected chi connectivity index (χ4v) is 4.06. The maximum absolute atomic E-state index is 12.2.